The molecule has 1 N–H and O–H groups in total. The summed E-state index contributed by atoms with van der Waals surface area (Å²) >= 11 is 13.2. The molecule has 0 aromatic carbocycles. The van der Waals surface area contributed by atoms with E-state index in [2.05, 4.69) is 0 Å². The van der Waals surface area contributed by atoms with E-state index in [1.54, 1.807) is 0 Å². The molecule has 0 fully saturated rings. The topological polar surface area (TPSA) is 54.4 Å². The molecule has 0 amide bonds. The molecule has 0 aliphatic carbocycles. The monoisotopic (exact) mass is 376 g/mol. The Hall–Kier alpha value is 0.620. The van der Waals surface area contributed by atoms with Gasteiger partial charge in [-0.05, 0) is 10.3 Å². The SMILES string of the molecule is CC(C)(C)P(c1c(Cl)sc(Cl)c1S(=O)(=O)O)C(C)(C)C. The van der Waals surface area contributed by atoms with Gasteiger partial charge in [-0.1, -0.05) is 72.7 Å². The van der Waals surface area contributed by atoms with Crippen LogP contribution in [-0.4, -0.2) is 23.3 Å². The average Bonchev–Trinajstić information content (AvgIpc) is 2.35. The maximum absolute atomic E-state index is 11.7. The summed E-state index contributed by atoms with van der Waals surface area (Å²) in [5.41, 5.74) is 0. The van der Waals surface area contributed by atoms with Crippen LogP contribution in [0.5, 0.6) is 0 Å². The van der Waals surface area contributed by atoms with Crippen molar-refractivity contribution in [3.8, 4) is 0 Å². The normalized spacial score (nSPS) is 14.1. The van der Waals surface area contributed by atoms with Crippen LogP contribution in [0.2, 0.25) is 8.67 Å². The molecule has 0 radical (unpaired) electrons. The van der Waals surface area contributed by atoms with Gasteiger partial charge in [-0.2, -0.15) is 8.42 Å². The third-order valence-corrected chi connectivity index (χ3v) is 9.37. The Labute approximate surface area is 136 Å². The number of halogens is 2. The lowest BCUT2D eigenvalue weighted by molar-refractivity contribution is 0.484. The Morgan fingerprint density at radius 3 is 1.70 bits per heavy atom. The summed E-state index contributed by atoms with van der Waals surface area (Å²) in [6, 6.07) is 0. The van der Waals surface area contributed by atoms with Crippen molar-refractivity contribution in [1.29, 1.82) is 0 Å². The highest BCUT2D eigenvalue weighted by Gasteiger charge is 2.42. The van der Waals surface area contributed by atoms with Crippen molar-refractivity contribution in [2.24, 2.45) is 0 Å². The molecule has 0 aliphatic heterocycles. The molecule has 1 aromatic rings. The molecule has 0 bridgehead atoms. The second kappa shape index (κ2) is 5.68. The van der Waals surface area contributed by atoms with Crippen LogP contribution in [0, 0.1) is 0 Å². The summed E-state index contributed by atoms with van der Waals surface area (Å²) in [4.78, 5) is -0.217. The summed E-state index contributed by atoms with van der Waals surface area (Å²) in [7, 11) is -5.37. The molecule has 0 saturated heterocycles. The van der Waals surface area contributed by atoms with Crippen LogP contribution in [0.3, 0.4) is 0 Å². The van der Waals surface area contributed by atoms with Gasteiger partial charge in [-0.25, -0.2) is 0 Å². The minimum Gasteiger partial charge on any atom is -0.282 e. The first-order chi connectivity index (χ1) is 8.67. The van der Waals surface area contributed by atoms with Crippen LogP contribution in [0.15, 0.2) is 4.90 Å². The quantitative estimate of drug-likeness (QED) is 0.583. The van der Waals surface area contributed by atoms with Crippen molar-refractivity contribution in [3.63, 3.8) is 0 Å². The van der Waals surface area contributed by atoms with E-state index in [1.165, 1.54) is 0 Å². The maximum Gasteiger partial charge on any atom is 0.297 e. The summed E-state index contributed by atoms with van der Waals surface area (Å²) in [5, 5.41) is 0.126. The summed E-state index contributed by atoms with van der Waals surface area (Å²) in [6.07, 6.45) is 0. The van der Waals surface area contributed by atoms with Crippen molar-refractivity contribution < 1.29 is 13.0 Å². The fourth-order valence-electron chi connectivity index (χ4n) is 2.45. The first kappa shape index (κ1) is 18.7. The molecule has 0 unspecified atom stereocenters. The smallest absolute Gasteiger partial charge is 0.282 e. The van der Waals surface area contributed by atoms with Gasteiger partial charge in [0, 0.05) is 5.30 Å². The zero-order valence-corrected chi connectivity index (χ0v) is 16.3. The van der Waals surface area contributed by atoms with E-state index in [9.17, 15) is 13.0 Å². The fraction of sp³-hybridized carbons (Fsp3) is 0.667. The summed E-state index contributed by atoms with van der Waals surface area (Å²) in [6.45, 7) is 12.2. The summed E-state index contributed by atoms with van der Waals surface area (Å²) in [5.74, 6) is 0. The highest BCUT2D eigenvalue weighted by molar-refractivity contribution is 7.87. The lowest BCUT2D eigenvalue weighted by atomic mass is 10.2. The van der Waals surface area contributed by atoms with E-state index in [-0.39, 0.29) is 19.5 Å². The maximum atomic E-state index is 11.7. The minimum absolute atomic E-state index is 0.0218. The van der Waals surface area contributed by atoms with Gasteiger partial charge in [0.2, 0.25) is 0 Å². The van der Waals surface area contributed by atoms with Gasteiger partial charge in [0.05, 0.1) is 0 Å². The van der Waals surface area contributed by atoms with Crippen molar-refractivity contribution in [3.05, 3.63) is 8.67 Å². The predicted molar refractivity (Wildman–Crippen MR) is 90.2 cm³/mol. The number of hydrogen-bond donors (Lipinski definition) is 1. The van der Waals surface area contributed by atoms with Crippen molar-refractivity contribution in [1.82, 2.24) is 0 Å². The lowest BCUT2D eigenvalue weighted by Crippen LogP contribution is -2.32. The zero-order valence-electron chi connectivity index (χ0n) is 12.3. The molecule has 1 aromatic heterocycles. The molecule has 1 rings (SSSR count). The van der Waals surface area contributed by atoms with Crippen LogP contribution >= 0.6 is 42.5 Å². The molecule has 8 heteroatoms. The Bertz CT molecular complexity index is 596. The largest absolute Gasteiger partial charge is 0.297 e. The van der Waals surface area contributed by atoms with Crippen molar-refractivity contribution >= 4 is 57.9 Å². The van der Waals surface area contributed by atoms with E-state index in [1.807, 2.05) is 41.5 Å². The minimum atomic E-state index is -4.40. The van der Waals surface area contributed by atoms with Gasteiger partial charge in [-0.15, -0.1) is 11.3 Å². The van der Waals surface area contributed by atoms with Crippen LogP contribution in [-0.2, 0) is 10.1 Å². The second-order valence-electron chi connectivity index (χ2n) is 6.48. The highest BCUT2D eigenvalue weighted by atomic mass is 35.5. The van der Waals surface area contributed by atoms with E-state index in [0.717, 1.165) is 11.3 Å². The number of thiophene rings is 1. The van der Waals surface area contributed by atoms with E-state index < -0.39 is 18.0 Å². The van der Waals surface area contributed by atoms with Crippen LogP contribution < -0.4 is 5.30 Å². The molecule has 0 aliphatic rings. The second-order valence-corrected chi connectivity index (χ2v) is 13.9. The van der Waals surface area contributed by atoms with Gasteiger partial charge in [0.15, 0.2) is 0 Å². The average molecular weight is 377 g/mol. The third-order valence-electron chi connectivity index (χ3n) is 2.58. The highest BCUT2D eigenvalue weighted by Crippen LogP contribution is 2.61. The number of hydrogen-bond acceptors (Lipinski definition) is 3. The lowest BCUT2D eigenvalue weighted by Gasteiger charge is -2.41. The zero-order chi connectivity index (χ0) is 16.1. The molecule has 1 heterocycles. The van der Waals surface area contributed by atoms with Gasteiger partial charge in [0.1, 0.15) is 13.6 Å². The summed E-state index contributed by atoms with van der Waals surface area (Å²) < 4.78 is 33.2. The standard InChI is InChI=1S/C12H19Cl2O3PS2/c1-11(2,3)18(12(4,5)6)7-8(20(15,16)17)10(14)19-9(7)13/h1-6H3,(H,15,16,17). The molecule has 0 atom stereocenters. The first-order valence-corrected chi connectivity index (χ1v) is 10.3. The van der Waals surface area contributed by atoms with Crippen LogP contribution in [0.25, 0.3) is 0 Å². The third kappa shape index (κ3) is 3.88. The molecular weight excluding hydrogens is 358 g/mol. The van der Waals surface area contributed by atoms with E-state index in [4.69, 9.17) is 23.2 Å². The van der Waals surface area contributed by atoms with E-state index in [0.29, 0.717) is 9.64 Å². The van der Waals surface area contributed by atoms with Crippen molar-refractivity contribution in [2.45, 2.75) is 56.8 Å². The molecule has 3 nitrogen and oxygen atoms in total. The molecule has 0 spiro atoms. The van der Waals surface area contributed by atoms with E-state index >= 15 is 0 Å². The fourth-order valence-corrected chi connectivity index (χ4v) is 10.4. The van der Waals surface area contributed by atoms with Crippen molar-refractivity contribution in [2.75, 3.05) is 0 Å². The Morgan fingerprint density at radius 2 is 1.40 bits per heavy atom. The number of rotatable bonds is 2. The Morgan fingerprint density at radius 1 is 1.00 bits per heavy atom. The first-order valence-electron chi connectivity index (χ1n) is 5.93. The van der Waals surface area contributed by atoms with Crippen LogP contribution in [0.4, 0.5) is 0 Å². The Balaban J connectivity index is 3.76. The van der Waals surface area contributed by atoms with Gasteiger partial charge < -0.3 is 0 Å². The Kier molecular flexibility index (Phi) is 5.30. The molecule has 0 saturated carbocycles. The van der Waals surface area contributed by atoms with Gasteiger partial charge >= 0.3 is 0 Å². The molecule has 20 heavy (non-hydrogen) atoms. The molecule has 116 valence electrons. The predicted octanol–water partition coefficient (Wildman–Crippen LogP) is 5.01. The van der Waals surface area contributed by atoms with Gasteiger partial charge in [0.25, 0.3) is 10.1 Å². The molecular formula is C12H19Cl2O3PS2. The van der Waals surface area contributed by atoms with Gasteiger partial charge in [-0.3, -0.25) is 4.55 Å². The van der Waals surface area contributed by atoms with Crippen LogP contribution in [0.1, 0.15) is 41.5 Å².